The van der Waals surface area contributed by atoms with Gasteiger partial charge in [-0.15, -0.1) is 0 Å². The van der Waals surface area contributed by atoms with Gasteiger partial charge in [0.1, 0.15) is 0 Å². The van der Waals surface area contributed by atoms with Crippen molar-refractivity contribution in [3.05, 3.63) is 29.3 Å². The SMILES string of the molecule is CC(C)(C)CS(=O)(=O)NCc1cccc2c1NCCC2. The number of nitrogens with one attached hydrogen (secondary N) is 2. The molecule has 0 aromatic heterocycles. The second kappa shape index (κ2) is 5.74. The lowest BCUT2D eigenvalue weighted by Crippen LogP contribution is -2.32. The largest absolute Gasteiger partial charge is 0.385 e. The normalized spacial score (nSPS) is 15.6. The van der Waals surface area contributed by atoms with E-state index in [0.717, 1.165) is 30.6 Å². The second-order valence-corrected chi connectivity index (χ2v) is 8.43. The molecule has 1 aliphatic rings. The van der Waals surface area contributed by atoms with Gasteiger partial charge in [-0.3, -0.25) is 0 Å². The van der Waals surface area contributed by atoms with Crippen molar-refractivity contribution in [1.29, 1.82) is 0 Å². The Balaban J connectivity index is 2.08. The van der Waals surface area contributed by atoms with Crippen LogP contribution in [-0.4, -0.2) is 20.7 Å². The lowest BCUT2D eigenvalue weighted by atomic mass is 9.99. The van der Waals surface area contributed by atoms with E-state index in [1.54, 1.807) is 0 Å². The molecule has 0 radical (unpaired) electrons. The molecule has 1 aliphatic heterocycles. The summed E-state index contributed by atoms with van der Waals surface area (Å²) in [4.78, 5) is 0. The zero-order valence-electron chi connectivity index (χ0n) is 12.5. The second-order valence-electron chi connectivity index (χ2n) is 6.62. The minimum atomic E-state index is -3.24. The number of anilines is 1. The highest BCUT2D eigenvalue weighted by Crippen LogP contribution is 2.26. The van der Waals surface area contributed by atoms with Crippen molar-refractivity contribution in [3.63, 3.8) is 0 Å². The maximum Gasteiger partial charge on any atom is 0.212 e. The Bertz CT molecular complexity index is 574. The first-order chi connectivity index (χ1) is 9.27. The minimum absolute atomic E-state index is 0.141. The highest BCUT2D eigenvalue weighted by atomic mass is 32.2. The first kappa shape index (κ1) is 15.3. The number of fused-ring (bicyclic) bond motifs is 1. The van der Waals surface area contributed by atoms with Crippen LogP contribution in [0, 0.1) is 5.41 Å². The first-order valence-corrected chi connectivity index (χ1v) is 8.74. The predicted molar refractivity (Wildman–Crippen MR) is 83.3 cm³/mol. The molecule has 1 aromatic rings. The molecule has 0 bridgehead atoms. The maximum atomic E-state index is 12.1. The third-order valence-corrected chi connectivity index (χ3v) is 5.10. The van der Waals surface area contributed by atoms with E-state index in [1.165, 1.54) is 5.56 Å². The fourth-order valence-electron chi connectivity index (χ4n) is 2.54. The van der Waals surface area contributed by atoms with Crippen molar-refractivity contribution in [1.82, 2.24) is 4.72 Å². The Morgan fingerprint density at radius 1 is 1.30 bits per heavy atom. The molecule has 0 saturated heterocycles. The van der Waals surface area contributed by atoms with Gasteiger partial charge in [0.05, 0.1) is 5.75 Å². The summed E-state index contributed by atoms with van der Waals surface area (Å²) < 4.78 is 26.8. The Morgan fingerprint density at radius 3 is 2.75 bits per heavy atom. The molecular weight excluding hydrogens is 272 g/mol. The smallest absolute Gasteiger partial charge is 0.212 e. The molecule has 1 heterocycles. The molecule has 4 nitrogen and oxygen atoms in total. The van der Waals surface area contributed by atoms with Gasteiger partial charge in [0, 0.05) is 18.8 Å². The summed E-state index contributed by atoms with van der Waals surface area (Å²) >= 11 is 0. The fourth-order valence-corrected chi connectivity index (χ4v) is 4.15. The zero-order valence-corrected chi connectivity index (χ0v) is 13.3. The molecule has 0 fully saturated rings. The molecule has 0 amide bonds. The quantitative estimate of drug-likeness (QED) is 0.897. The van der Waals surface area contributed by atoms with Crippen LogP contribution in [0.5, 0.6) is 0 Å². The first-order valence-electron chi connectivity index (χ1n) is 7.09. The van der Waals surface area contributed by atoms with Gasteiger partial charge in [-0.2, -0.15) is 0 Å². The van der Waals surface area contributed by atoms with Gasteiger partial charge < -0.3 is 5.32 Å². The summed E-state index contributed by atoms with van der Waals surface area (Å²) in [6, 6.07) is 6.09. The summed E-state index contributed by atoms with van der Waals surface area (Å²) in [5.41, 5.74) is 3.18. The Labute approximate surface area is 122 Å². The van der Waals surface area contributed by atoms with E-state index in [0.29, 0.717) is 6.54 Å². The van der Waals surface area contributed by atoms with Gasteiger partial charge in [0.25, 0.3) is 0 Å². The van der Waals surface area contributed by atoms with E-state index in [9.17, 15) is 8.42 Å². The summed E-state index contributed by atoms with van der Waals surface area (Å²) in [5, 5.41) is 3.38. The van der Waals surface area contributed by atoms with Gasteiger partial charge in [-0.1, -0.05) is 39.0 Å². The standard InChI is InChI=1S/C15H24N2O2S/c1-15(2,3)11-20(18,19)17-10-13-7-4-6-12-8-5-9-16-14(12)13/h4,6-7,16-17H,5,8-11H2,1-3H3. The Morgan fingerprint density at radius 2 is 2.05 bits per heavy atom. The number of hydrogen-bond donors (Lipinski definition) is 2. The molecule has 0 spiro atoms. The third kappa shape index (κ3) is 4.21. The van der Waals surface area contributed by atoms with Crippen LogP contribution >= 0.6 is 0 Å². The van der Waals surface area contributed by atoms with Crippen LogP contribution in [-0.2, 0) is 23.0 Å². The fraction of sp³-hybridized carbons (Fsp3) is 0.600. The number of rotatable bonds is 4. The molecule has 5 heteroatoms. The van der Waals surface area contributed by atoms with Crippen LogP contribution in [0.3, 0.4) is 0 Å². The van der Waals surface area contributed by atoms with Crippen molar-refractivity contribution in [2.75, 3.05) is 17.6 Å². The highest BCUT2D eigenvalue weighted by Gasteiger charge is 2.22. The lowest BCUT2D eigenvalue weighted by Gasteiger charge is -2.22. The van der Waals surface area contributed by atoms with Crippen LogP contribution < -0.4 is 10.0 Å². The van der Waals surface area contributed by atoms with E-state index < -0.39 is 10.0 Å². The predicted octanol–water partition coefficient (Wildman–Crippen LogP) is 2.51. The number of sulfonamides is 1. The van der Waals surface area contributed by atoms with Gasteiger partial charge >= 0.3 is 0 Å². The number of aryl methyl sites for hydroxylation is 1. The van der Waals surface area contributed by atoms with E-state index in [4.69, 9.17) is 0 Å². The molecule has 0 atom stereocenters. The number of para-hydroxylation sites is 1. The molecule has 0 unspecified atom stereocenters. The zero-order chi connectivity index (χ0) is 14.8. The van der Waals surface area contributed by atoms with Crippen LogP contribution in [0.1, 0.15) is 38.3 Å². The molecule has 2 rings (SSSR count). The van der Waals surface area contributed by atoms with E-state index in [-0.39, 0.29) is 11.2 Å². The molecule has 112 valence electrons. The maximum absolute atomic E-state index is 12.1. The number of hydrogen-bond acceptors (Lipinski definition) is 3. The molecule has 0 aliphatic carbocycles. The highest BCUT2D eigenvalue weighted by molar-refractivity contribution is 7.89. The molecule has 2 N–H and O–H groups in total. The van der Waals surface area contributed by atoms with Gasteiger partial charge in [0.15, 0.2) is 0 Å². The van der Waals surface area contributed by atoms with Crippen LogP contribution in [0.15, 0.2) is 18.2 Å². The van der Waals surface area contributed by atoms with Crippen molar-refractivity contribution < 1.29 is 8.42 Å². The lowest BCUT2D eigenvalue weighted by molar-refractivity contribution is 0.458. The molecule has 0 saturated carbocycles. The number of benzene rings is 1. The Kier molecular flexibility index (Phi) is 4.39. The third-order valence-electron chi connectivity index (χ3n) is 3.27. The summed E-state index contributed by atoms with van der Waals surface area (Å²) in [6.07, 6.45) is 2.19. The average Bonchev–Trinajstić information content (AvgIpc) is 2.33. The Hall–Kier alpha value is -1.07. The van der Waals surface area contributed by atoms with E-state index >= 15 is 0 Å². The van der Waals surface area contributed by atoms with Gasteiger partial charge in [-0.05, 0) is 29.4 Å². The summed E-state index contributed by atoms with van der Waals surface area (Å²) in [5.74, 6) is 0.141. The minimum Gasteiger partial charge on any atom is -0.385 e. The van der Waals surface area contributed by atoms with Crippen molar-refractivity contribution in [2.45, 2.75) is 40.2 Å². The van der Waals surface area contributed by atoms with Gasteiger partial charge in [-0.25, -0.2) is 13.1 Å². The van der Waals surface area contributed by atoms with Crippen LogP contribution in [0.4, 0.5) is 5.69 Å². The topological polar surface area (TPSA) is 58.2 Å². The molecular formula is C15H24N2O2S. The van der Waals surface area contributed by atoms with Gasteiger partial charge in [0.2, 0.25) is 10.0 Å². The van der Waals surface area contributed by atoms with Crippen molar-refractivity contribution >= 4 is 15.7 Å². The summed E-state index contributed by atoms with van der Waals surface area (Å²) in [6.45, 7) is 7.10. The van der Waals surface area contributed by atoms with Crippen LogP contribution in [0.25, 0.3) is 0 Å². The van der Waals surface area contributed by atoms with Crippen LogP contribution in [0.2, 0.25) is 0 Å². The monoisotopic (exact) mass is 296 g/mol. The summed E-state index contributed by atoms with van der Waals surface area (Å²) in [7, 11) is -3.24. The van der Waals surface area contributed by atoms with E-state index in [2.05, 4.69) is 16.1 Å². The van der Waals surface area contributed by atoms with Crippen molar-refractivity contribution in [3.8, 4) is 0 Å². The average molecular weight is 296 g/mol. The molecule has 20 heavy (non-hydrogen) atoms. The molecule has 1 aromatic carbocycles. The van der Waals surface area contributed by atoms with Crippen molar-refractivity contribution in [2.24, 2.45) is 5.41 Å². The van der Waals surface area contributed by atoms with E-state index in [1.807, 2.05) is 32.9 Å².